The fraction of sp³-hybridized carbons (Fsp3) is 0.250. The average Bonchev–Trinajstić information content (AvgIpc) is 2.82. The third kappa shape index (κ3) is 2.33. The van der Waals surface area contributed by atoms with Crippen LogP contribution in [-0.4, -0.2) is 42.0 Å². The van der Waals surface area contributed by atoms with Crippen LogP contribution in [-0.2, 0) is 0 Å². The van der Waals surface area contributed by atoms with Crippen LogP contribution in [0.15, 0.2) is 24.5 Å². The molecular formula is C12H13N3O2S. The number of thiazole rings is 1. The van der Waals surface area contributed by atoms with E-state index >= 15 is 0 Å². The number of hydrogen-bond donors (Lipinski definition) is 0. The molecule has 0 aliphatic heterocycles. The average molecular weight is 263 g/mol. The standard InChI is InChI=1S/C12H13N3O2S/c1-15(2)11(16)9-12(17-3)18-10(14-9)8-4-6-13-7-5-8/h4-7H,1-3H3. The molecule has 1 amide bonds. The summed E-state index contributed by atoms with van der Waals surface area (Å²) in [6, 6.07) is 3.70. The molecule has 0 aromatic carbocycles. The van der Waals surface area contributed by atoms with E-state index in [4.69, 9.17) is 4.74 Å². The SMILES string of the molecule is COc1sc(-c2ccncc2)nc1C(=O)N(C)C. The number of aromatic nitrogens is 2. The van der Waals surface area contributed by atoms with E-state index in [9.17, 15) is 4.79 Å². The lowest BCUT2D eigenvalue weighted by Crippen LogP contribution is -2.22. The Kier molecular flexibility index (Phi) is 3.57. The third-order valence-electron chi connectivity index (χ3n) is 2.32. The molecule has 0 spiro atoms. The fourth-order valence-corrected chi connectivity index (χ4v) is 2.29. The minimum Gasteiger partial charge on any atom is -0.485 e. The van der Waals surface area contributed by atoms with Gasteiger partial charge in [0.05, 0.1) is 7.11 Å². The number of carbonyl (C=O) groups is 1. The predicted octanol–water partition coefficient (Wildman–Crippen LogP) is 1.92. The second-order valence-corrected chi connectivity index (χ2v) is 4.76. The van der Waals surface area contributed by atoms with E-state index < -0.39 is 0 Å². The van der Waals surface area contributed by atoms with Crippen molar-refractivity contribution >= 4 is 17.2 Å². The molecule has 0 saturated carbocycles. The van der Waals surface area contributed by atoms with E-state index in [-0.39, 0.29) is 5.91 Å². The van der Waals surface area contributed by atoms with Crippen LogP contribution in [0.4, 0.5) is 0 Å². The lowest BCUT2D eigenvalue weighted by molar-refractivity contribution is 0.0819. The van der Waals surface area contributed by atoms with Crippen molar-refractivity contribution in [2.24, 2.45) is 0 Å². The quantitative estimate of drug-likeness (QED) is 0.849. The van der Waals surface area contributed by atoms with Crippen LogP contribution in [0.1, 0.15) is 10.5 Å². The number of methoxy groups -OCH3 is 1. The van der Waals surface area contributed by atoms with E-state index in [2.05, 4.69) is 9.97 Å². The van der Waals surface area contributed by atoms with Gasteiger partial charge in [-0.25, -0.2) is 4.98 Å². The van der Waals surface area contributed by atoms with Crippen LogP contribution in [0.5, 0.6) is 5.06 Å². The molecular weight excluding hydrogens is 250 g/mol. The molecule has 2 heterocycles. The molecule has 18 heavy (non-hydrogen) atoms. The number of nitrogens with zero attached hydrogens (tertiary/aromatic N) is 3. The van der Waals surface area contributed by atoms with Crippen molar-refractivity contribution in [3.05, 3.63) is 30.2 Å². The maximum Gasteiger partial charge on any atom is 0.276 e. The predicted molar refractivity (Wildman–Crippen MR) is 69.9 cm³/mol. The van der Waals surface area contributed by atoms with Crippen LogP contribution >= 0.6 is 11.3 Å². The van der Waals surface area contributed by atoms with Gasteiger partial charge >= 0.3 is 0 Å². The molecule has 0 saturated heterocycles. The number of amides is 1. The molecule has 2 rings (SSSR count). The summed E-state index contributed by atoms with van der Waals surface area (Å²) in [4.78, 5) is 21.7. The molecule has 0 aliphatic rings. The Morgan fingerprint density at radius 1 is 1.33 bits per heavy atom. The lowest BCUT2D eigenvalue weighted by Gasteiger charge is -2.08. The second-order valence-electron chi connectivity index (χ2n) is 3.79. The minimum atomic E-state index is -0.164. The highest BCUT2D eigenvalue weighted by molar-refractivity contribution is 7.17. The van der Waals surface area contributed by atoms with E-state index in [0.29, 0.717) is 10.8 Å². The van der Waals surface area contributed by atoms with Gasteiger partial charge in [-0.15, -0.1) is 0 Å². The van der Waals surface area contributed by atoms with E-state index in [1.165, 1.54) is 23.3 Å². The number of ether oxygens (including phenoxy) is 1. The summed E-state index contributed by atoms with van der Waals surface area (Å²) in [6.07, 6.45) is 3.38. The summed E-state index contributed by atoms with van der Waals surface area (Å²) in [5, 5.41) is 1.28. The summed E-state index contributed by atoms with van der Waals surface area (Å²) >= 11 is 1.35. The summed E-state index contributed by atoms with van der Waals surface area (Å²) in [7, 11) is 4.91. The number of pyridine rings is 1. The smallest absolute Gasteiger partial charge is 0.276 e. The summed E-state index contributed by atoms with van der Waals surface area (Å²) in [5.74, 6) is -0.164. The largest absolute Gasteiger partial charge is 0.485 e. The molecule has 94 valence electrons. The van der Waals surface area contributed by atoms with Crippen molar-refractivity contribution in [1.29, 1.82) is 0 Å². The topological polar surface area (TPSA) is 55.3 Å². The summed E-state index contributed by atoms with van der Waals surface area (Å²) in [5.41, 5.74) is 1.27. The lowest BCUT2D eigenvalue weighted by atomic mass is 10.3. The van der Waals surface area contributed by atoms with Gasteiger partial charge < -0.3 is 9.64 Å². The second kappa shape index (κ2) is 5.14. The van der Waals surface area contributed by atoms with Crippen LogP contribution in [0.25, 0.3) is 10.6 Å². The van der Waals surface area contributed by atoms with E-state index in [0.717, 1.165) is 10.6 Å². The van der Waals surface area contributed by atoms with E-state index in [1.54, 1.807) is 26.5 Å². The molecule has 0 radical (unpaired) electrons. The molecule has 5 nitrogen and oxygen atoms in total. The van der Waals surface area contributed by atoms with Crippen molar-refractivity contribution in [3.63, 3.8) is 0 Å². The van der Waals surface area contributed by atoms with Crippen LogP contribution in [0, 0.1) is 0 Å². The molecule has 0 N–H and O–H groups in total. The molecule has 2 aromatic heterocycles. The highest BCUT2D eigenvalue weighted by Crippen LogP contribution is 2.33. The molecule has 0 bridgehead atoms. The van der Waals surface area contributed by atoms with Crippen molar-refractivity contribution < 1.29 is 9.53 Å². The molecule has 0 aliphatic carbocycles. The zero-order chi connectivity index (χ0) is 13.1. The van der Waals surface area contributed by atoms with Gasteiger partial charge in [0, 0.05) is 32.1 Å². The van der Waals surface area contributed by atoms with Gasteiger partial charge in [0.25, 0.3) is 5.91 Å². The maximum atomic E-state index is 11.9. The molecule has 0 unspecified atom stereocenters. The summed E-state index contributed by atoms with van der Waals surface area (Å²) in [6.45, 7) is 0. The number of rotatable bonds is 3. The van der Waals surface area contributed by atoms with Gasteiger partial charge in [-0.1, -0.05) is 11.3 Å². The first-order valence-electron chi connectivity index (χ1n) is 5.30. The highest BCUT2D eigenvalue weighted by Gasteiger charge is 2.21. The zero-order valence-electron chi connectivity index (χ0n) is 10.4. The number of carbonyl (C=O) groups excluding carboxylic acids is 1. The first-order valence-corrected chi connectivity index (χ1v) is 6.12. The highest BCUT2D eigenvalue weighted by atomic mass is 32.1. The van der Waals surface area contributed by atoms with Crippen molar-refractivity contribution in [2.75, 3.05) is 21.2 Å². The van der Waals surface area contributed by atoms with Crippen molar-refractivity contribution in [1.82, 2.24) is 14.9 Å². The first-order chi connectivity index (χ1) is 8.63. The van der Waals surface area contributed by atoms with Gasteiger partial charge in [-0.2, -0.15) is 0 Å². The Hall–Kier alpha value is -1.95. The molecule has 0 fully saturated rings. The van der Waals surface area contributed by atoms with E-state index in [1.807, 2.05) is 12.1 Å². The van der Waals surface area contributed by atoms with Gasteiger partial charge in [-0.3, -0.25) is 9.78 Å². The monoisotopic (exact) mass is 263 g/mol. The Labute approximate surface area is 109 Å². The van der Waals surface area contributed by atoms with Gasteiger partial charge in [0.1, 0.15) is 5.01 Å². The Balaban J connectivity index is 2.45. The summed E-state index contributed by atoms with van der Waals surface area (Å²) < 4.78 is 5.21. The third-order valence-corrected chi connectivity index (χ3v) is 3.38. The minimum absolute atomic E-state index is 0.164. The zero-order valence-corrected chi connectivity index (χ0v) is 11.2. The van der Waals surface area contributed by atoms with Crippen LogP contribution in [0.2, 0.25) is 0 Å². The maximum absolute atomic E-state index is 11.9. The van der Waals surface area contributed by atoms with Crippen LogP contribution in [0.3, 0.4) is 0 Å². The number of hydrogen-bond acceptors (Lipinski definition) is 5. The normalized spacial score (nSPS) is 10.2. The van der Waals surface area contributed by atoms with Gasteiger partial charge in [-0.05, 0) is 12.1 Å². The van der Waals surface area contributed by atoms with Gasteiger partial charge in [0.15, 0.2) is 5.69 Å². The Morgan fingerprint density at radius 3 is 2.56 bits per heavy atom. The van der Waals surface area contributed by atoms with Gasteiger partial charge in [0.2, 0.25) is 5.06 Å². The molecule has 2 aromatic rings. The Bertz CT molecular complexity index is 552. The van der Waals surface area contributed by atoms with Crippen molar-refractivity contribution in [3.8, 4) is 15.6 Å². The first kappa shape index (κ1) is 12.5. The molecule has 0 atom stereocenters. The van der Waals surface area contributed by atoms with Crippen LogP contribution < -0.4 is 4.74 Å². The fourth-order valence-electron chi connectivity index (χ4n) is 1.41. The van der Waals surface area contributed by atoms with Crippen molar-refractivity contribution in [2.45, 2.75) is 0 Å². The Morgan fingerprint density at radius 2 is 2.00 bits per heavy atom. The molecule has 6 heteroatoms.